The third kappa shape index (κ3) is 5.35. The second-order valence-electron chi connectivity index (χ2n) is 7.43. The van der Waals surface area contributed by atoms with Crippen LogP contribution in [0, 0.1) is 0 Å². The highest BCUT2D eigenvalue weighted by molar-refractivity contribution is 6.35. The number of hydrogen-bond donors (Lipinski definition) is 2. The Hall–Kier alpha value is -2.95. The molecular weight excluding hydrogens is 461 g/mol. The summed E-state index contributed by atoms with van der Waals surface area (Å²) in [6, 6.07) is 8.91. The van der Waals surface area contributed by atoms with Gasteiger partial charge in [0, 0.05) is 25.0 Å². The van der Waals surface area contributed by atoms with Crippen molar-refractivity contribution in [3.63, 3.8) is 0 Å². The summed E-state index contributed by atoms with van der Waals surface area (Å²) in [7, 11) is 0. The Balaban J connectivity index is 1.66. The van der Waals surface area contributed by atoms with E-state index < -0.39 is 12.1 Å². The summed E-state index contributed by atoms with van der Waals surface area (Å²) < 4.78 is 54.2. The van der Waals surface area contributed by atoms with E-state index in [1.807, 2.05) is 0 Å². The molecule has 0 radical (unpaired) electrons. The molecule has 7 nitrogen and oxygen atoms in total. The van der Waals surface area contributed by atoms with Crippen molar-refractivity contribution < 1.29 is 27.4 Å². The van der Waals surface area contributed by atoms with Crippen molar-refractivity contribution >= 4 is 33.9 Å². The number of nitrogen functional groups attached to an aromatic ring is 2. The summed E-state index contributed by atoms with van der Waals surface area (Å²) >= 11 is 6.35. The summed E-state index contributed by atoms with van der Waals surface area (Å²) in [5, 5.41) is 0.933. The molecule has 3 aromatic rings. The number of morpholine rings is 1. The topological polar surface area (TPSA) is 95.9 Å². The van der Waals surface area contributed by atoms with Gasteiger partial charge in [-0.2, -0.15) is 0 Å². The molecule has 1 aliphatic rings. The number of nitrogens with zero attached hydrogens (tertiary/aromatic N) is 2. The lowest BCUT2D eigenvalue weighted by Crippen LogP contribution is -2.38. The van der Waals surface area contributed by atoms with Gasteiger partial charge in [-0.15, -0.1) is 13.2 Å². The molecule has 0 aliphatic carbocycles. The standard InChI is InChI=1S/C22H22ClF3N4O3/c23-14-2-5-17(32-12-9-30-7-10-31-11-8-30)13-1-4-16(29-21(13)14)19-18(33-22(24,25)26)6-3-15(27)20(19)28/h1-6H,7-12,27-28H2. The van der Waals surface area contributed by atoms with Crippen LogP contribution in [-0.4, -0.2) is 55.7 Å². The zero-order valence-corrected chi connectivity index (χ0v) is 18.2. The molecule has 1 aromatic heterocycles. The molecule has 11 heteroatoms. The highest BCUT2D eigenvalue weighted by Gasteiger charge is 2.33. The van der Waals surface area contributed by atoms with Gasteiger partial charge < -0.3 is 25.7 Å². The maximum atomic E-state index is 12.9. The maximum absolute atomic E-state index is 12.9. The van der Waals surface area contributed by atoms with E-state index in [1.165, 1.54) is 12.1 Å². The van der Waals surface area contributed by atoms with E-state index in [4.69, 9.17) is 32.5 Å². The van der Waals surface area contributed by atoms with Crippen LogP contribution < -0.4 is 20.9 Å². The van der Waals surface area contributed by atoms with Crippen molar-refractivity contribution in [2.24, 2.45) is 0 Å². The zero-order valence-electron chi connectivity index (χ0n) is 17.5. The average Bonchev–Trinajstić information content (AvgIpc) is 2.78. The number of anilines is 2. The number of ether oxygens (including phenoxy) is 3. The number of rotatable bonds is 6. The predicted octanol–water partition coefficient (Wildman–Crippen LogP) is 4.33. The molecular formula is C22H22ClF3N4O3. The van der Waals surface area contributed by atoms with Gasteiger partial charge in [0.15, 0.2) is 0 Å². The molecule has 0 amide bonds. The molecule has 1 fully saturated rings. The molecule has 33 heavy (non-hydrogen) atoms. The lowest BCUT2D eigenvalue weighted by molar-refractivity contribution is -0.274. The minimum Gasteiger partial charge on any atom is -0.492 e. The second kappa shape index (κ2) is 9.50. The molecule has 1 aliphatic heterocycles. The van der Waals surface area contributed by atoms with Crippen molar-refractivity contribution in [3.8, 4) is 22.8 Å². The lowest BCUT2D eigenvalue weighted by atomic mass is 10.0. The molecule has 2 heterocycles. The van der Waals surface area contributed by atoms with Gasteiger partial charge in [-0.25, -0.2) is 4.98 Å². The Morgan fingerprint density at radius 1 is 1.03 bits per heavy atom. The van der Waals surface area contributed by atoms with Gasteiger partial charge in [-0.05, 0) is 36.4 Å². The van der Waals surface area contributed by atoms with Crippen molar-refractivity contribution in [3.05, 3.63) is 41.4 Å². The summed E-state index contributed by atoms with van der Waals surface area (Å²) in [4.78, 5) is 6.71. The Morgan fingerprint density at radius 2 is 1.76 bits per heavy atom. The summed E-state index contributed by atoms with van der Waals surface area (Å²) in [5.41, 5.74) is 12.3. The fourth-order valence-electron chi connectivity index (χ4n) is 3.62. The van der Waals surface area contributed by atoms with Crippen LogP contribution in [0.5, 0.6) is 11.5 Å². The van der Waals surface area contributed by atoms with Crippen LogP contribution in [-0.2, 0) is 4.74 Å². The highest BCUT2D eigenvalue weighted by atomic mass is 35.5. The minimum absolute atomic E-state index is 0.0658. The van der Waals surface area contributed by atoms with Crippen molar-refractivity contribution in [2.45, 2.75) is 6.36 Å². The molecule has 2 aromatic carbocycles. The molecule has 0 unspecified atom stereocenters. The largest absolute Gasteiger partial charge is 0.573 e. The van der Waals surface area contributed by atoms with Gasteiger partial charge in [-0.3, -0.25) is 4.90 Å². The Morgan fingerprint density at radius 3 is 2.48 bits per heavy atom. The molecule has 4 N–H and O–H groups in total. The molecule has 4 rings (SSSR count). The number of nitrogens with two attached hydrogens (primary N) is 2. The van der Waals surface area contributed by atoms with E-state index in [-0.39, 0.29) is 22.6 Å². The van der Waals surface area contributed by atoms with Gasteiger partial charge in [0.1, 0.15) is 18.1 Å². The molecule has 0 saturated carbocycles. The summed E-state index contributed by atoms with van der Waals surface area (Å²) in [5.74, 6) is 0.0594. The van der Waals surface area contributed by atoms with Gasteiger partial charge in [0.25, 0.3) is 0 Å². The molecule has 0 spiro atoms. The van der Waals surface area contributed by atoms with Crippen LogP contribution in [0.2, 0.25) is 5.02 Å². The van der Waals surface area contributed by atoms with E-state index in [9.17, 15) is 13.2 Å². The number of hydrogen-bond acceptors (Lipinski definition) is 7. The molecule has 176 valence electrons. The first-order chi connectivity index (χ1) is 15.7. The van der Waals surface area contributed by atoms with E-state index >= 15 is 0 Å². The first-order valence-electron chi connectivity index (χ1n) is 10.2. The fraction of sp³-hybridized carbons (Fsp3) is 0.318. The van der Waals surface area contributed by atoms with Crippen LogP contribution in [0.3, 0.4) is 0 Å². The van der Waals surface area contributed by atoms with Crippen LogP contribution in [0.15, 0.2) is 36.4 Å². The maximum Gasteiger partial charge on any atom is 0.573 e. The number of benzene rings is 2. The third-order valence-electron chi connectivity index (χ3n) is 5.26. The van der Waals surface area contributed by atoms with Crippen molar-refractivity contribution in [1.82, 2.24) is 9.88 Å². The number of alkyl halides is 3. The first kappa shape index (κ1) is 23.2. The fourth-order valence-corrected chi connectivity index (χ4v) is 3.83. The van der Waals surface area contributed by atoms with E-state index in [2.05, 4.69) is 14.6 Å². The van der Waals surface area contributed by atoms with Crippen LogP contribution in [0.25, 0.3) is 22.2 Å². The van der Waals surface area contributed by atoms with Gasteiger partial charge in [0.05, 0.1) is 46.4 Å². The third-order valence-corrected chi connectivity index (χ3v) is 5.56. The quantitative estimate of drug-likeness (QED) is 0.505. The van der Waals surface area contributed by atoms with Crippen molar-refractivity contribution in [1.29, 1.82) is 0 Å². The molecule has 1 saturated heterocycles. The lowest BCUT2D eigenvalue weighted by Gasteiger charge is -2.26. The summed E-state index contributed by atoms with van der Waals surface area (Å²) in [6.07, 6.45) is -4.91. The van der Waals surface area contributed by atoms with E-state index in [1.54, 1.807) is 18.2 Å². The average molecular weight is 483 g/mol. The van der Waals surface area contributed by atoms with Gasteiger partial charge >= 0.3 is 6.36 Å². The Labute approximate surface area is 193 Å². The monoisotopic (exact) mass is 482 g/mol. The van der Waals surface area contributed by atoms with Crippen LogP contribution in [0.4, 0.5) is 24.5 Å². The van der Waals surface area contributed by atoms with E-state index in [0.717, 1.165) is 25.7 Å². The molecule has 0 atom stereocenters. The van der Waals surface area contributed by atoms with Crippen LogP contribution >= 0.6 is 11.6 Å². The van der Waals surface area contributed by atoms with Gasteiger partial charge in [-0.1, -0.05) is 11.6 Å². The highest BCUT2D eigenvalue weighted by Crippen LogP contribution is 2.41. The number of pyridine rings is 1. The normalized spacial score (nSPS) is 15.0. The van der Waals surface area contributed by atoms with Crippen molar-refractivity contribution in [2.75, 3.05) is 50.9 Å². The SMILES string of the molecule is Nc1ccc(OC(F)(F)F)c(-c2ccc3c(OCCN4CCOCC4)ccc(Cl)c3n2)c1N. The zero-order chi connectivity index (χ0) is 23.6. The summed E-state index contributed by atoms with van der Waals surface area (Å²) in [6.45, 7) is 4.27. The van der Waals surface area contributed by atoms with E-state index in [0.29, 0.717) is 41.5 Å². The minimum atomic E-state index is -4.91. The number of halogens is 4. The van der Waals surface area contributed by atoms with Crippen LogP contribution in [0.1, 0.15) is 0 Å². The molecule has 0 bridgehead atoms. The Bertz CT molecular complexity index is 1150. The second-order valence-corrected chi connectivity index (χ2v) is 7.84. The van der Waals surface area contributed by atoms with Gasteiger partial charge in [0.2, 0.25) is 0 Å². The first-order valence-corrected chi connectivity index (χ1v) is 10.6. The Kier molecular flexibility index (Phi) is 6.68. The number of fused-ring (bicyclic) bond motifs is 1. The smallest absolute Gasteiger partial charge is 0.492 e. The number of aromatic nitrogens is 1. The predicted molar refractivity (Wildman–Crippen MR) is 120 cm³/mol.